The molecule has 1 fully saturated rings. The number of halogens is 1. The third kappa shape index (κ3) is 3.00. The largest absolute Gasteiger partial charge is 0.497 e. The van der Waals surface area contributed by atoms with Crippen molar-refractivity contribution in [3.63, 3.8) is 0 Å². The summed E-state index contributed by atoms with van der Waals surface area (Å²) in [5.41, 5.74) is 1.37. The number of hydrogen-bond donors (Lipinski definition) is 3. The van der Waals surface area contributed by atoms with Crippen molar-refractivity contribution in [2.24, 2.45) is 0 Å². The molecule has 5 nitrogen and oxygen atoms in total. The summed E-state index contributed by atoms with van der Waals surface area (Å²) in [6.07, 6.45) is -0.364. The van der Waals surface area contributed by atoms with Crippen molar-refractivity contribution in [3.8, 4) is 5.75 Å². The number of aromatic nitrogens is 1. The molecule has 0 saturated carbocycles. The number of H-pyrrole nitrogens is 1. The molecule has 1 saturated heterocycles. The first kappa shape index (κ1) is 13.9. The Hall–Kier alpha value is -2.08. The maximum absolute atomic E-state index is 13.0. The van der Waals surface area contributed by atoms with Crippen molar-refractivity contribution in [2.45, 2.75) is 18.6 Å². The summed E-state index contributed by atoms with van der Waals surface area (Å²) >= 11 is 0. The number of alkyl halides is 1. The van der Waals surface area contributed by atoms with Gasteiger partial charge in [-0.2, -0.15) is 0 Å². The van der Waals surface area contributed by atoms with Gasteiger partial charge in [0.25, 0.3) is 5.91 Å². The number of aromatic amines is 1. The zero-order valence-electron chi connectivity index (χ0n) is 11.8. The molecular formula is C15H18FN3O2. The minimum Gasteiger partial charge on any atom is -0.497 e. The Balaban J connectivity index is 1.66. The average Bonchev–Trinajstić information content (AvgIpc) is 3.09. The van der Waals surface area contributed by atoms with E-state index in [0.29, 0.717) is 25.2 Å². The van der Waals surface area contributed by atoms with E-state index in [-0.39, 0.29) is 11.9 Å². The van der Waals surface area contributed by atoms with E-state index >= 15 is 0 Å². The van der Waals surface area contributed by atoms with E-state index in [2.05, 4.69) is 15.6 Å². The smallest absolute Gasteiger partial charge is 0.267 e. The van der Waals surface area contributed by atoms with Gasteiger partial charge in [0.15, 0.2) is 0 Å². The van der Waals surface area contributed by atoms with E-state index in [9.17, 15) is 9.18 Å². The van der Waals surface area contributed by atoms with Gasteiger partial charge in [0.05, 0.1) is 7.11 Å². The standard InChI is InChI=1S/C15H18FN3O2/c1-21-12-2-3-13-9(4-12)5-14(19-13)15(20)18-8-11-6-10(16)7-17-11/h2-5,10-11,17,19H,6-8H2,1H3,(H,18,20). The summed E-state index contributed by atoms with van der Waals surface area (Å²) in [6, 6.07) is 7.37. The van der Waals surface area contributed by atoms with Crippen LogP contribution < -0.4 is 15.4 Å². The first-order chi connectivity index (χ1) is 10.2. The molecule has 2 unspecified atom stereocenters. The van der Waals surface area contributed by atoms with Crippen LogP contribution in [0, 0.1) is 0 Å². The summed E-state index contributed by atoms with van der Waals surface area (Å²) in [5, 5.41) is 6.78. The Bertz CT molecular complexity index is 655. The zero-order valence-corrected chi connectivity index (χ0v) is 11.8. The summed E-state index contributed by atoms with van der Waals surface area (Å²) < 4.78 is 18.2. The normalized spacial score (nSPS) is 21.6. The predicted octanol–water partition coefficient (Wildman–Crippen LogP) is 1.61. The van der Waals surface area contributed by atoms with E-state index in [1.807, 2.05) is 18.2 Å². The van der Waals surface area contributed by atoms with Crippen molar-refractivity contribution in [1.29, 1.82) is 0 Å². The summed E-state index contributed by atoms with van der Waals surface area (Å²) in [4.78, 5) is 15.2. The van der Waals surface area contributed by atoms with Crippen LogP contribution in [0.1, 0.15) is 16.9 Å². The molecule has 2 atom stereocenters. The number of methoxy groups -OCH3 is 1. The number of hydrogen-bond acceptors (Lipinski definition) is 3. The van der Waals surface area contributed by atoms with Crippen LogP contribution in [0.5, 0.6) is 5.75 Å². The molecule has 21 heavy (non-hydrogen) atoms. The molecule has 1 aromatic carbocycles. The first-order valence-corrected chi connectivity index (χ1v) is 6.98. The van der Waals surface area contributed by atoms with Gasteiger partial charge in [-0.05, 0) is 30.7 Å². The molecule has 0 spiro atoms. The van der Waals surface area contributed by atoms with Gasteiger partial charge in [0.1, 0.15) is 17.6 Å². The summed E-state index contributed by atoms with van der Waals surface area (Å²) in [6.45, 7) is 0.796. The highest BCUT2D eigenvalue weighted by Gasteiger charge is 2.23. The fraction of sp³-hybridized carbons (Fsp3) is 0.400. The Morgan fingerprint density at radius 1 is 1.48 bits per heavy atom. The molecule has 3 N–H and O–H groups in total. The zero-order chi connectivity index (χ0) is 14.8. The third-order valence-electron chi connectivity index (χ3n) is 3.75. The molecule has 1 aliphatic heterocycles. The van der Waals surface area contributed by atoms with E-state index in [4.69, 9.17) is 4.74 Å². The van der Waals surface area contributed by atoms with Crippen LogP contribution >= 0.6 is 0 Å². The molecule has 0 aliphatic carbocycles. The lowest BCUT2D eigenvalue weighted by Crippen LogP contribution is -2.37. The summed E-state index contributed by atoms with van der Waals surface area (Å²) in [7, 11) is 1.61. The van der Waals surface area contributed by atoms with Crippen LogP contribution in [0.3, 0.4) is 0 Å². The average molecular weight is 291 g/mol. The molecule has 2 heterocycles. The highest BCUT2D eigenvalue weighted by atomic mass is 19.1. The van der Waals surface area contributed by atoms with Gasteiger partial charge in [-0.1, -0.05) is 0 Å². The second kappa shape index (κ2) is 5.73. The number of amides is 1. The highest BCUT2D eigenvalue weighted by molar-refractivity contribution is 5.98. The third-order valence-corrected chi connectivity index (χ3v) is 3.75. The Morgan fingerprint density at radius 2 is 2.33 bits per heavy atom. The fourth-order valence-electron chi connectivity index (χ4n) is 2.60. The van der Waals surface area contributed by atoms with Crippen molar-refractivity contribution in [3.05, 3.63) is 30.0 Å². The minimum atomic E-state index is -0.813. The number of benzene rings is 1. The lowest BCUT2D eigenvalue weighted by Gasteiger charge is -2.10. The number of ether oxygens (including phenoxy) is 1. The Kier molecular flexibility index (Phi) is 3.79. The van der Waals surface area contributed by atoms with Crippen LogP contribution in [0.4, 0.5) is 4.39 Å². The van der Waals surface area contributed by atoms with Crippen molar-refractivity contribution in [2.75, 3.05) is 20.2 Å². The minimum absolute atomic E-state index is 0.00780. The van der Waals surface area contributed by atoms with Gasteiger partial charge < -0.3 is 20.4 Å². The summed E-state index contributed by atoms with van der Waals surface area (Å²) in [5.74, 6) is 0.562. The lowest BCUT2D eigenvalue weighted by molar-refractivity contribution is 0.0946. The second-order valence-electron chi connectivity index (χ2n) is 5.28. The predicted molar refractivity (Wildman–Crippen MR) is 78.5 cm³/mol. The van der Waals surface area contributed by atoms with E-state index in [0.717, 1.165) is 16.7 Å². The SMILES string of the molecule is COc1ccc2[nH]c(C(=O)NCC3CC(F)CN3)cc2c1. The van der Waals surface area contributed by atoms with Crippen LogP contribution in [-0.2, 0) is 0 Å². The molecule has 1 amide bonds. The molecule has 2 aromatic rings. The monoisotopic (exact) mass is 291 g/mol. The van der Waals surface area contributed by atoms with Crippen LogP contribution in [0.25, 0.3) is 10.9 Å². The Morgan fingerprint density at radius 3 is 3.05 bits per heavy atom. The van der Waals surface area contributed by atoms with Gasteiger partial charge in [-0.15, -0.1) is 0 Å². The van der Waals surface area contributed by atoms with Crippen LogP contribution in [-0.4, -0.2) is 43.3 Å². The first-order valence-electron chi connectivity index (χ1n) is 6.98. The van der Waals surface area contributed by atoms with Crippen LogP contribution in [0.2, 0.25) is 0 Å². The molecule has 3 rings (SSSR count). The van der Waals surface area contributed by atoms with Crippen molar-refractivity contribution < 1.29 is 13.9 Å². The van der Waals surface area contributed by atoms with Gasteiger partial charge in [0, 0.05) is 30.0 Å². The van der Waals surface area contributed by atoms with Gasteiger partial charge >= 0.3 is 0 Å². The molecule has 0 bridgehead atoms. The van der Waals surface area contributed by atoms with Gasteiger partial charge in [-0.25, -0.2) is 4.39 Å². The maximum atomic E-state index is 13.0. The molecule has 1 aromatic heterocycles. The maximum Gasteiger partial charge on any atom is 0.267 e. The second-order valence-corrected chi connectivity index (χ2v) is 5.28. The van der Waals surface area contributed by atoms with Crippen molar-refractivity contribution >= 4 is 16.8 Å². The number of rotatable bonds is 4. The van der Waals surface area contributed by atoms with Crippen molar-refractivity contribution in [1.82, 2.24) is 15.6 Å². The van der Waals surface area contributed by atoms with E-state index < -0.39 is 6.17 Å². The lowest BCUT2D eigenvalue weighted by atomic mass is 10.2. The van der Waals surface area contributed by atoms with E-state index in [1.54, 1.807) is 13.2 Å². The van der Waals surface area contributed by atoms with Crippen LogP contribution in [0.15, 0.2) is 24.3 Å². The molecule has 0 radical (unpaired) electrons. The van der Waals surface area contributed by atoms with Gasteiger partial charge in [-0.3, -0.25) is 4.79 Å². The molecular weight excluding hydrogens is 273 g/mol. The molecule has 6 heteroatoms. The number of carbonyl (C=O) groups is 1. The number of fused-ring (bicyclic) bond motifs is 1. The van der Waals surface area contributed by atoms with E-state index in [1.165, 1.54) is 0 Å². The Labute approximate surface area is 121 Å². The number of nitrogens with one attached hydrogen (secondary N) is 3. The number of carbonyl (C=O) groups excluding carboxylic acids is 1. The topological polar surface area (TPSA) is 66.2 Å². The molecule has 112 valence electrons. The highest BCUT2D eigenvalue weighted by Crippen LogP contribution is 2.21. The van der Waals surface area contributed by atoms with Gasteiger partial charge in [0.2, 0.25) is 0 Å². The fourth-order valence-corrected chi connectivity index (χ4v) is 2.60. The quantitative estimate of drug-likeness (QED) is 0.801. The molecule has 1 aliphatic rings.